The molecule has 0 atom stereocenters. The Morgan fingerprint density at radius 2 is 2.11 bits per heavy atom. The van der Waals surface area contributed by atoms with Crippen LogP contribution in [0.15, 0.2) is 36.9 Å². The van der Waals surface area contributed by atoms with Gasteiger partial charge in [-0.05, 0) is 69.0 Å². The SMILES string of the molecule is C=CC(=O)Nc1ccc(O)c(C(=O)N(Cc2cc3c(s2)CCC3)C(C)C)c1. The van der Waals surface area contributed by atoms with Crippen molar-refractivity contribution in [3.63, 3.8) is 0 Å². The lowest BCUT2D eigenvalue weighted by molar-refractivity contribution is -0.111. The van der Waals surface area contributed by atoms with E-state index in [1.165, 1.54) is 29.0 Å². The van der Waals surface area contributed by atoms with Gasteiger partial charge in [-0.15, -0.1) is 11.3 Å². The number of benzene rings is 1. The summed E-state index contributed by atoms with van der Waals surface area (Å²) in [6.07, 6.45) is 4.62. The van der Waals surface area contributed by atoms with Crippen LogP contribution >= 0.6 is 11.3 Å². The molecule has 0 spiro atoms. The van der Waals surface area contributed by atoms with E-state index in [4.69, 9.17) is 0 Å². The predicted molar refractivity (Wildman–Crippen MR) is 108 cm³/mol. The fourth-order valence-corrected chi connectivity index (χ4v) is 4.52. The number of fused-ring (bicyclic) bond motifs is 1. The van der Waals surface area contributed by atoms with Crippen molar-refractivity contribution in [2.75, 3.05) is 5.32 Å². The summed E-state index contributed by atoms with van der Waals surface area (Å²) in [5, 5.41) is 12.8. The number of amides is 2. The molecule has 0 fully saturated rings. The van der Waals surface area contributed by atoms with E-state index < -0.39 is 0 Å². The first-order valence-electron chi connectivity index (χ1n) is 9.07. The highest BCUT2D eigenvalue weighted by Crippen LogP contribution is 2.32. The van der Waals surface area contributed by atoms with E-state index in [1.54, 1.807) is 22.3 Å². The maximum absolute atomic E-state index is 13.1. The molecular weight excluding hydrogens is 360 g/mol. The molecule has 6 heteroatoms. The molecule has 0 unspecified atom stereocenters. The third-order valence-corrected chi connectivity index (χ3v) is 5.91. The maximum atomic E-state index is 13.1. The van der Waals surface area contributed by atoms with E-state index in [-0.39, 0.29) is 29.2 Å². The minimum absolute atomic E-state index is 0.0275. The van der Waals surface area contributed by atoms with Crippen molar-refractivity contribution in [1.82, 2.24) is 4.90 Å². The van der Waals surface area contributed by atoms with E-state index in [2.05, 4.69) is 18.0 Å². The van der Waals surface area contributed by atoms with Crippen LogP contribution in [0.4, 0.5) is 5.69 Å². The van der Waals surface area contributed by atoms with E-state index in [0.29, 0.717) is 12.2 Å². The molecular formula is C21H24N2O3S. The van der Waals surface area contributed by atoms with Gasteiger partial charge in [0.25, 0.3) is 5.91 Å². The number of rotatable bonds is 6. The number of nitrogens with zero attached hydrogens (tertiary/aromatic N) is 1. The smallest absolute Gasteiger partial charge is 0.258 e. The Hall–Kier alpha value is -2.60. The first-order chi connectivity index (χ1) is 12.9. The maximum Gasteiger partial charge on any atom is 0.258 e. The Kier molecular flexibility index (Phi) is 5.65. The number of carbonyl (C=O) groups is 2. The van der Waals surface area contributed by atoms with Gasteiger partial charge >= 0.3 is 0 Å². The average Bonchev–Trinajstić information content (AvgIpc) is 3.21. The number of nitrogens with one attached hydrogen (secondary N) is 1. The number of carbonyl (C=O) groups excluding carboxylic acids is 2. The fourth-order valence-electron chi connectivity index (χ4n) is 3.26. The van der Waals surface area contributed by atoms with Crippen molar-refractivity contribution < 1.29 is 14.7 Å². The van der Waals surface area contributed by atoms with Crippen LogP contribution in [-0.2, 0) is 24.2 Å². The lowest BCUT2D eigenvalue weighted by Crippen LogP contribution is -2.36. The van der Waals surface area contributed by atoms with Crippen LogP contribution in [-0.4, -0.2) is 27.9 Å². The zero-order chi connectivity index (χ0) is 19.6. The average molecular weight is 385 g/mol. The monoisotopic (exact) mass is 384 g/mol. The van der Waals surface area contributed by atoms with Gasteiger partial charge in [0.1, 0.15) is 5.75 Å². The number of hydrogen-bond donors (Lipinski definition) is 2. The van der Waals surface area contributed by atoms with E-state index in [1.807, 2.05) is 13.8 Å². The summed E-state index contributed by atoms with van der Waals surface area (Å²) >= 11 is 1.77. The van der Waals surface area contributed by atoms with Gasteiger partial charge in [-0.1, -0.05) is 6.58 Å². The largest absolute Gasteiger partial charge is 0.507 e. The van der Waals surface area contributed by atoms with Crippen molar-refractivity contribution in [2.45, 2.75) is 45.7 Å². The predicted octanol–water partition coefficient (Wildman–Crippen LogP) is 4.12. The molecule has 0 radical (unpaired) electrons. The van der Waals surface area contributed by atoms with Crippen LogP contribution in [0.3, 0.4) is 0 Å². The van der Waals surface area contributed by atoms with Gasteiger partial charge in [-0.3, -0.25) is 9.59 Å². The topological polar surface area (TPSA) is 69.6 Å². The summed E-state index contributed by atoms with van der Waals surface area (Å²) in [6, 6.07) is 6.65. The number of phenols is 1. The Morgan fingerprint density at radius 3 is 2.78 bits per heavy atom. The van der Waals surface area contributed by atoms with Crippen LogP contribution in [0.25, 0.3) is 0 Å². The molecule has 0 aliphatic heterocycles. The Labute approximate surface area is 163 Å². The molecule has 1 heterocycles. The van der Waals surface area contributed by atoms with E-state index in [9.17, 15) is 14.7 Å². The Bertz CT molecular complexity index is 864. The van der Waals surface area contributed by atoms with Gasteiger partial charge in [-0.25, -0.2) is 0 Å². The minimum atomic E-state index is -0.368. The quantitative estimate of drug-likeness (QED) is 0.581. The number of aromatic hydroxyl groups is 1. The normalized spacial score (nSPS) is 12.7. The summed E-state index contributed by atoms with van der Waals surface area (Å²) in [7, 11) is 0. The zero-order valence-electron chi connectivity index (χ0n) is 15.6. The summed E-state index contributed by atoms with van der Waals surface area (Å²) in [4.78, 5) is 29.0. The zero-order valence-corrected chi connectivity index (χ0v) is 16.4. The van der Waals surface area contributed by atoms with Crippen LogP contribution in [0.2, 0.25) is 0 Å². The number of hydrogen-bond acceptors (Lipinski definition) is 4. The summed E-state index contributed by atoms with van der Waals surface area (Å²) in [6.45, 7) is 7.84. The Balaban J connectivity index is 1.84. The standard InChI is InChI=1S/C21H24N2O3S/c1-4-20(25)22-15-8-9-18(24)17(11-15)21(26)23(13(2)3)12-16-10-14-6-5-7-19(14)27-16/h4,8-11,13,24H,1,5-7,12H2,2-3H3,(H,22,25). The molecule has 142 valence electrons. The van der Waals surface area contributed by atoms with Crippen LogP contribution in [0.1, 0.15) is 45.9 Å². The minimum Gasteiger partial charge on any atom is -0.507 e. The molecule has 1 aliphatic carbocycles. The number of phenolic OH excluding ortho intramolecular Hbond substituents is 1. The number of thiophene rings is 1. The third kappa shape index (κ3) is 4.22. The van der Waals surface area contributed by atoms with Crippen molar-refractivity contribution in [1.29, 1.82) is 0 Å². The van der Waals surface area contributed by atoms with Crippen molar-refractivity contribution in [3.05, 3.63) is 57.8 Å². The molecule has 0 saturated heterocycles. The lowest BCUT2D eigenvalue weighted by Gasteiger charge is -2.27. The Morgan fingerprint density at radius 1 is 1.33 bits per heavy atom. The fraction of sp³-hybridized carbons (Fsp3) is 0.333. The highest BCUT2D eigenvalue weighted by Gasteiger charge is 2.24. The molecule has 2 N–H and O–H groups in total. The molecule has 5 nitrogen and oxygen atoms in total. The first-order valence-corrected chi connectivity index (χ1v) is 9.88. The summed E-state index contributed by atoms with van der Waals surface area (Å²) in [5.74, 6) is -0.727. The second-order valence-electron chi connectivity index (χ2n) is 6.97. The van der Waals surface area contributed by atoms with E-state index in [0.717, 1.165) is 23.8 Å². The van der Waals surface area contributed by atoms with E-state index >= 15 is 0 Å². The number of anilines is 1. The lowest BCUT2D eigenvalue weighted by atomic mass is 10.1. The van der Waals surface area contributed by atoms with Gasteiger partial charge in [0.2, 0.25) is 5.91 Å². The van der Waals surface area contributed by atoms with Gasteiger partial charge in [0.15, 0.2) is 0 Å². The van der Waals surface area contributed by atoms with Crippen LogP contribution in [0, 0.1) is 0 Å². The van der Waals surface area contributed by atoms with Gasteiger partial charge < -0.3 is 15.3 Å². The molecule has 1 aromatic heterocycles. The van der Waals surface area contributed by atoms with Crippen molar-refractivity contribution in [3.8, 4) is 5.75 Å². The molecule has 0 bridgehead atoms. The van der Waals surface area contributed by atoms with Crippen molar-refractivity contribution in [2.24, 2.45) is 0 Å². The highest BCUT2D eigenvalue weighted by molar-refractivity contribution is 7.12. The number of aryl methyl sites for hydroxylation is 2. The summed E-state index contributed by atoms with van der Waals surface area (Å²) in [5.41, 5.74) is 2.03. The molecule has 3 rings (SSSR count). The third-order valence-electron chi connectivity index (χ3n) is 4.69. The summed E-state index contributed by atoms with van der Waals surface area (Å²) < 4.78 is 0. The molecule has 2 aromatic rings. The molecule has 1 aromatic carbocycles. The first kappa shape index (κ1) is 19.2. The molecule has 2 amide bonds. The second kappa shape index (κ2) is 7.96. The molecule has 0 saturated carbocycles. The van der Waals surface area contributed by atoms with Crippen molar-refractivity contribution >= 4 is 28.8 Å². The molecule has 27 heavy (non-hydrogen) atoms. The molecule has 1 aliphatic rings. The van der Waals surface area contributed by atoms with Gasteiger partial charge in [0, 0.05) is 21.5 Å². The van der Waals surface area contributed by atoms with Crippen LogP contribution < -0.4 is 5.32 Å². The van der Waals surface area contributed by atoms with Crippen LogP contribution in [0.5, 0.6) is 5.75 Å². The second-order valence-corrected chi connectivity index (χ2v) is 8.19. The highest BCUT2D eigenvalue weighted by atomic mass is 32.1. The van der Waals surface area contributed by atoms with Gasteiger partial charge in [0.05, 0.1) is 12.1 Å². The van der Waals surface area contributed by atoms with Gasteiger partial charge in [-0.2, -0.15) is 0 Å².